The molecule has 5 amide bonds. The highest BCUT2D eigenvalue weighted by Crippen LogP contribution is 2.42. The van der Waals surface area contributed by atoms with Crippen molar-refractivity contribution < 1.29 is 38.6 Å². The molecule has 2 aromatic heterocycles. The first-order chi connectivity index (χ1) is 31.0. The maximum atomic E-state index is 13.7. The van der Waals surface area contributed by atoms with Crippen LogP contribution in [-0.2, 0) is 16.1 Å². The third-order valence-electron chi connectivity index (χ3n) is 13.6. The van der Waals surface area contributed by atoms with Gasteiger partial charge in [0.15, 0.2) is 11.5 Å². The Morgan fingerprint density at radius 2 is 1.73 bits per heavy atom. The molecule has 0 radical (unpaired) electrons. The van der Waals surface area contributed by atoms with Crippen molar-refractivity contribution >= 4 is 57.9 Å². The zero-order chi connectivity index (χ0) is 44.7. The Hall–Kier alpha value is -6.09. The molecule has 6 heterocycles. The normalized spacial score (nSPS) is 22.2. The second-order valence-electron chi connectivity index (χ2n) is 17.5. The second-order valence-corrected chi connectivity index (χ2v) is 17.9. The molecule has 4 aliphatic heterocycles. The van der Waals surface area contributed by atoms with Gasteiger partial charge in [-0.25, -0.2) is 0 Å². The average molecular weight is 892 g/mol. The summed E-state index contributed by atoms with van der Waals surface area (Å²) in [6.45, 7) is 6.72. The lowest BCUT2D eigenvalue weighted by molar-refractivity contribution is -0.155. The number of nitrogens with one attached hydrogen (secondary N) is 1. The Labute approximate surface area is 374 Å². The molecule has 0 bridgehead atoms. The Morgan fingerprint density at radius 3 is 2.42 bits per heavy atom. The number of aliphatic hydroxyl groups excluding tert-OH is 1. The van der Waals surface area contributed by atoms with Crippen molar-refractivity contribution in [2.45, 2.75) is 89.4 Å². The minimum Gasteiger partial charge on any atom is -0.493 e. The summed E-state index contributed by atoms with van der Waals surface area (Å²) in [5.74, 6) is -0.624. The van der Waals surface area contributed by atoms with Gasteiger partial charge in [-0.2, -0.15) is 5.26 Å². The molecule has 1 aliphatic carbocycles. The minimum atomic E-state index is -1.15. The van der Waals surface area contributed by atoms with Gasteiger partial charge in [0, 0.05) is 69.3 Å². The third-order valence-corrected chi connectivity index (χ3v) is 13.9. The van der Waals surface area contributed by atoms with Crippen molar-refractivity contribution in [3.05, 3.63) is 76.1 Å². The van der Waals surface area contributed by atoms with E-state index in [1.807, 2.05) is 19.1 Å². The Morgan fingerprint density at radius 1 is 0.969 bits per heavy atom. The van der Waals surface area contributed by atoms with E-state index in [0.29, 0.717) is 56.7 Å². The van der Waals surface area contributed by atoms with Gasteiger partial charge in [-0.05, 0) is 100 Å². The van der Waals surface area contributed by atoms with Gasteiger partial charge in [0.25, 0.3) is 23.6 Å². The van der Waals surface area contributed by atoms with Crippen LogP contribution in [0.2, 0.25) is 5.02 Å². The van der Waals surface area contributed by atoms with Gasteiger partial charge >= 0.3 is 0 Å². The SMILES string of the molecule is CCn1c2c(c3ccc(OCCCN4CC5(CCN(c6ccc(C(=O)NC7CCC(Oc8ccc(C#N)c(Cl)c8)CC7)nn6)CC5)C4)cc31)C(=O)N(C1CCC(=O)N(CO)C1=O)C2=O. The Kier molecular flexibility index (Phi) is 12.0. The molecule has 64 heavy (non-hydrogen) atoms. The first-order valence-corrected chi connectivity index (χ1v) is 22.5. The molecule has 17 nitrogen and oxygen atoms in total. The van der Waals surface area contributed by atoms with E-state index >= 15 is 0 Å². The van der Waals surface area contributed by atoms with Gasteiger partial charge in [0.2, 0.25) is 5.91 Å². The van der Waals surface area contributed by atoms with Gasteiger partial charge in [0.1, 0.15) is 36.0 Å². The summed E-state index contributed by atoms with van der Waals surface area (Å²) < 4.78 is 14.0. The number of amides is 5. The van der Waals surface area contributed by atoms with Crippen LogP contribution >= 0.6 is 11.6 Å². The first kappa shape index (κ1) is 43.2. The van der Waals surface area contributed by atoms with Crippen LogP contribution in [0.15, 0.2) is 48.5 Å². The van der Waals surface area contributed by atoms with Crippen LogP contribution in [0.3, 0.4) is 0 Å². The molecule has 3 saturated heterocycles. The predicted molar refractivity (Wildman–Crippen MR) is 233 cm³/mol. The third kappa shape index (κ3) is 8.14. The zero-order valence-corrected chi connectivity index (χ0v) is 36.4. The smallest absolute Gasteiger partial charge is 0.278 e. The maximum absolute atomic E-state index is 13.7. The highest BCUT2D eigenvalue weighted by atomic mass is 35.5. The van der Waals surface area contributed by atoms with Crippen molar-refractivity contribution in [2.24, 2.45) is 5.41 Å². The highest BCUT2D eigenvalue weighted by molar-refractivity contribution is 6.32. The van der Waals surface area contributed by atoms with E-state index in [0.717, 1.165) is 88.4 Å². The van der Waals surface area contributed by atoms with Crippen molar-refractivity contribution in [2.75, 3.05) is 51.0 Å². The lowest BCUT2D eigenvalue weighted by Crippen LogP contribution is -2.60. The molecular weight excluding hydrogens is 842 g/mol. The number of nitriles is 1. The number of likely N-dealkylation sites (tertiary alicyclic amines) is 2. The number of fused-ring (bicyclic) bond motifs is 3. The number of aromatic nitrogens is 3. The van der Waals surface area contributed by atoms with E-state index in [1.54, 1.807) is 41.0 Å². The molecule has 2 N–H and O–H groups in total. The fourth-order valence-electron chi connectivity index (χ4n) is 10.1. The van der Waals surface area contributed by atoms with Crippen LogP contribution in [0.1, 0.15) is 102 Å². The number of benzene rings is 2. The van der Waals surface area contributed by atoms with Gasteiger partial charge < -0.3 is 34.3 Å². The minimum absolute atomic E-state index is 0.0150. The molecule has 1 saturated carbocycles. The number of aliphatic hydroxyl groups is 1. The van der Waals surface area contributed by atoms with E-state index in [-0.39, 0.29) is 47.6 Å². The molecule has 1 unspecified atom stereocenters. The molecule has 2 aromatic carbocycles. The molecule has 4 fully saturated rings. The number of aryl methyl sites for hydroxylation is 1. The summed E-state index contributed by atoms with van der Waals surface area (Å²) in [6, 6.07) is 15.1. The molecule has 334 valence electrons. The standard InChI is InChI=1S/C46H50ClN9O8/c1-2-54-37-23-31(10-11-33(37)40-41(54)45(62)56(44(40)61)36-13-15-39(58)55(27-57)43(36)60)63-21-3-18-52-25-46(26-52)16-19-53(20-17-46)38-14-12-35(50-51-38)42(59)49-29-5-8-30(9-6-29)64-32-7-4-28(24-48)34(47)22-32/h4,7,10-12,14,22-23,29-30,36,57H,2-3,5-6,8-9,13,15-21,25-27H2,1H3,(H,49,59). The molecule has 1 spiro atoms. The zero-order valence-electron chi connectivity index (χ0n) is 35.6. The van der Waals surface area contributed by atoms with E-state index in [1.165, 1.54) is 0 Å². The van der Waals surface area contributed by atoms with E-state index in [2.05, 4.69) is 31.4 Å². The van der Waals surface area contributed by atoms with Crippen molar-refractivity contribution in [1.82, 2.24) is 34.8 Å². The van der Waals surface area contributed by atoms with Gasteiger partial charge in [-0.3, -0.25) is 33.8 Å². The maximum Gasteiger partial charge on any atom is 0.278 e. The largest absolute Gasteiger partial charge is 0.493 e. The summed E-state index contributed by atoms with van der Waals surface area (Å²) in [5.41, 5.74) is 2.15. The highest BCUT2D eigenvalue weighted by Gasteiger charge is 2.49. The topological polar surface area (TPSA) is 204 Å². The Bertz CT molecular complexity index is 2530. The fraction of sp³-hybridized carbons (Fsp3) is 0.478. The predicted octanol–water partition coefficient (Wildman–Crippen LogP) is 4.53. The van der Waals surface area contributed by atoms with E-state index in [9.17, 15) is 29.1 Å². The molecular formula is C46H50ClN9O8. The summed E-state index contributed by atoms with van der Waals surface area (Å²) in [5, 5.41) is 31.5. The number of hydrogen-bond acceptors (Lipinski definition) is 13. The average Bonchev–Trinajstić information content (AvgIpc) is 3.75. The van der Waals surface area contributed by atoms with Gasteiger partial charge in [-0.15, -0.1) is 10.2 Å². The van der Waals surface area contributed by atoms with E-state index in [4.69, 9.17) is 26.3 Å². The van der Waals surface area contributed by atoms with Crippen LogP contribution < -0.4 is 19.7 Å². The Balaban J connectivity index is 0.696. The molecule has 1 atom stereocenters. The van der Waals surface area contributed by atoms with Gasteiger partial charge in [-0.1, -0.05) is 11.6 Å². The molecule has 18 heteroatoms. The number of piperidine rings is 2. The number of carbonyl (C=O) groups excluding carboxylic acids is 5. The van der Waals surface area contributed by atoms with E-state index < -0.39 is 36.4 Å². The second kappa shape index (κ2) is 17.8. The van der Waals surface area contributed by atoms with Crippen LogP contribution in [-0.4, -0.2) is 128 Å². The monoisotopic (exact) mass is 891 g/mol. The number of hydrogen-bond donors (Lipinski definition) is 2. The quantitative estimate of drug-likeness (QED) is 0.140. The van der Waals surface area contributed by atoms with Crippen molar-refractivity contribution in [1.29, 1.82) is 5.26 Å². The van der Waals surface area contributed by atoms with Crippen LogP contribution in [0.5, 0.6) is 11.5 Å². The summed E-state index contributed by atoms with van der Waals surface area (Å²) >= 11 is 6.15. The lowest BCUT2D eigenvalue weighted by Gasteiger charge is -2.54. The number of rotatable bonds is 13. The number of imide groups is 2. The fourth-order valence-corrected chi connectivity index (χ4v) is 10.3. The molecule has 4 aromatic rings. The summed E-state index contributed by atoms with van der Waals surface area (Å²) in [6.07, 6.45) is 6.06. The lowest BCUT2D eigenvalue weighted by atomic mass is 9.72. The molecule has 9 rings (SSSR count). The number of halogens is 1. The summed E-state index contributed by atoms with van der Waals surface area (Å²) in [7, 11) is 0. The number of nitrogens with zero attached hydrogens (tertiary/aromatic N) is 8. The summed E-state index contributed by atoms with van der Waals surface area (Å²) in [4.78, 5) is 71.9. The first-order valence-electron chi connectivity index (χ1n) is 22.1. The number of ether oxygens (including phenoxy) is 2. The van der Waals surface area contributed by atoms with Crippen molar-refractivity contribution in [3.8, 4) is 17.6 Å². The number of anilines is 1. The van der Waals surface area contributed by atoms with Gasteiger partial charge in [0.05, 0.1) is 34.4 Å². The van der Waals surface area contributed by atoms with Crippen molar-refractivity contribution in [3.63, 3.8) is 0 Å². The van der Waals surface area contributed by atoms with Crippen LogP contribution in [0.4, 0.5) is 5.82 Å². The van der Waals surface area contributed by atoms with Crippen LogP contribution in [0.25, 0.3) is 10.9 Å². The molecule has 5 aliphatic rings. The number of carbonyl (C=O) groups is 5. The van der Waals surface area contributed by atoms with Crippen LogP contribution in [0, 0.1) is 16.7 Å².